The molecule has 190 valence electrons. The highest BCUT2D eigenvalue weighted by Crippen LogP contribution is 2.20. The molecule has 0 saturated heterocycles. The lowest BCUT2D eigenvalue weighted by Crippen LogP contribution is -2.49. The fourth-order valence-corrected chi connectivity index (χ4v) is 5.74. The summed E-state index contributed by atoms with van der Waals surface area (Å²) >= 11 is 3.42. The van der Waals surface area contributed by atoms with Crippen molar-refractivity contribution in [1.82, 2.24) is 14.5 Å². The minimum atomic E-state index is -3.61. The second kappa shape index (κ2) is 12.6. The van der Waals surface area contributed by atoms with E-state index in [9.17, 15) is 18.0 Å². The van der Waals surface area contributed by atoms with Crippen molar-refractivity contribution in [2.24, 2.45) is 0 Å². The third-order valence-electron chi connectivity index (χ3n) is 6.45. The molecular formula is C26H34BrN3O4S. The minimum Gasteiger partial charge on any atom is -0.352 e. The second-order valence-corrected chi connectivity index (χ2v) is 12.0. The van der Waals surface area contributed by atoms with Gasteiger partial charge < -0.3 is 10.2 Å². The van der Waals surface area contributed by atoms with Crippen molar-refractivity contribution in [3.63, 3.8) is 0 Å². The first kappa shape index (κ1) is 27.4. The summed E-state index contributed by atoms with van der Waals surface area (Å²) in [5, 5.41) is 3.09. The number of sulfonamides is 1. The molecule has 1 N–H and O–H groups in total. The average Bonchev–Trinajstić information content (AvgIpc) is 3.36. The molecule has 1 aliphatic rings. The Labute approximate surface area is 217 Å². The van der Waals surface area contributed by atoms with E-state index in [1.54, 1.807) is 42.2 Å². The van der Waals surface area contributed by atoms with Crippen LogP contribution in [-0.4, -0.2) is 55.1 Å². The fourth-order valence-electron chi connectivity index (χ4n) is 4.25. The van der Waals surface area contributed by atoms with Crippen LogP contribution in [0.2, 0.25) is 0 Å². The number of nitrogens with one attached hydrogen (secondary N) is 1. The fraction of sp³-hybridized carbons (Fsp3) is 0.462. The molecule has 7 nitrogen and oxygen atoms in total. The molecule has 2 aromatic carbocycles. The zero-order chi connectivity index (χ0) is 25.4. The number of carbonyl (C=O) groups excluding carboxylic acids is 2. The number of carbonyl (C=O) groups is 2. The first-order valence-electron chi connectivity index (χ1n) is 12.0. The van der Waals surface area contributed by atoms with Crippen LogP contribution in [-0.2, 0) is 26.2 Å². The van der Waals surface area contributed by atoms with E-state index in [4.69, 9.17) is 0 Å². The van der Waals surface area contributed by atoms with Gasteiger partial charge in [-0.05, 0) is 56.0 Å². The zero-order valence-corrected chi connectivity index (χ0v) is 22.7. The molecular weight excluding hydrogens is 530 g/mol. The van der Waals surface area contributed by atoms with Crippen molar-refractivity contribution in [2.45, 2.75) is 69.0 Å². The number of hydrogen-bond acceptors (Lipinski definition) is 4. The van der Waals surface area contributed by atoms with Crippen LogP contribution in [0.15, 0.2) is 64.0 Å². The molecule has 0 aromatic heterocycles. The predicted octanol–water partition coefficient (Wildman–Crippen LogP) is 4.33. The maximum absolute atomic E-state index is 13.3. The van der Waals surface area contributed by atoms with E-state index >= 15 is 0 Å². The molecule has 1 fully saturated rings. The molecule has 0 aliphatic heterocycles. The Kier molecular flexibility index (Phi) is 9.89. The molecule has 1 aliphatic carbocycles. The molecule has 2 amide bonds. The van der Waals surface area contributed by atoms with Crippen molar-refractivity contribution < 1.29 is 18.0 Å². The molecule has 0 heterocycles. The van der Waals surface area contributed by atoms with E-state index in [0.717, 1.165) is 35.7 Å². The van der Waals surface area contributed by atoms with Crippen LogP contribution in [0.5, 0.6) is 0 Å². The Hall–Kier alpha value is -2.23. The molecule has 1 saturated carbocycles. The summed E-state index contributed by atoms with van der Waals surface area (Å²) in [5.74, 6) is -0.321. The predicted molar refractivity (Wildman–Crippen MR) is 140 cm³/mol. The van der Waals surface area contributed by atoms with Gasteiger partial charge in [0.1, 0.15) is 6.04 Å². The molecule has 35 heavy (non-hydrogen) atoms. The lowest BCUT2D eigenvalue weighted by molar-refractivity contribution is -0.141. The van der Waals surface area contributed by atoms with Crippen LogP contribution in [0.4, 0.5) is 0 Å². The highest BCUT2D eigenvalue weighted by molar-refractivity contribution is 9.10. The number of halogens is 1. The molecule has 2 aromatic rings. The first-order chi connectivity index (χ1) is 16.7. The van der Waals surface area contributed by atoms with Crippen LogP contribution < -0.4 is 5.32 Å². The summed E-state index contributed by atoms with van der Waals surface area (Å²) in [6.45, 7) is 2.27. The van der Waals surface area contributed by atoms with Gasteiger partial charge in [0.25, 0.3) is 0 Å². The van der Waals surface area contributed by atoms with E-state index in [-0.39, 0.29) is 35.7 Å². The number of benzene rings is 2. The van der Waals surface area contributed by atoms with Gasteiger partial charge in [0, 0.05) is 37.1 Å². The van der Waals surface area contributed by atoms with Crippen molar-refractivity contribution in [3.8, 4) is 0 Å². The van der Waals surface area contributed by atoms with Crippen LogP contribution in [0.1, 0.15) is 51.0 Å². The van der Waals surface area contributed by atoms with Gasteiger partial charge in [-0.2, -0.15) is 0 Å². The van der Waals surface area contributed by atoms with Crippen molar-refractivity contribution in [1.29, 1.82) is 0 Å². The number of rotatable bonds is 11. The zero-order valence-electron chi connectivity index (χ0n) is 20.3. The van der Waals surface area contributed by atoms with Gasteiger partial charge in [-0.25, -0.2) is 12.7 Å². The number of hydrogen-bond donors (Lipinski definition) is 1. The highest BCUT2D eigenvalue weighted by atomic mass is 79.9. The lowest BCUT2D eigenvalue weighted by Gasteiger charge is -2.30. The van der Waals surface area contributed by atoms with Crippen LogP contribution in [0, 0.1) is 0 Å². The molecule has 3 rings (SSSR count). The Morgan fingerprint density at radius 2 is 1.69 bits per heavy atom. The third-order valence-corrected chi connectivity index (χ3v) is 8.85. The van der Waals surface area contributed by atoms with Gasteiger partial charge in [-0.1, -0.05) is 59.1 Å². The normalized spacial score (nSPS) is 15.2. The van der Waals surface area contributed by atoms with Gasteiger partial charge in [0.15, 0.2) is 0 Å². The van der Waals surface area contributed by atoms with Crippen molar-refractivity contribution in [3.05, 3.63) is 64.6 Å². The Balaban J connectivity index is 1.64. The quantitative estimate of drug-likeness (QED) is 0.441. The summed E-state index contributed by atoms with van der Waals surface area (Å²) in [4.78, 5) is 28.0. The Bertz CT molecular complexity index is 1090. The molecule has 9 heteroatoms. The molecule has 0 bridgehead atoms. The largest absolute Gasteiger partial charge is 0.352 e. The van der Waals surface area contributed by atoms with E-state index in [0.29, 0.717) is 13.0 Å². The first-order valence-corrected chi connectivity index (χ1v) is 14.3. The van der Waals surface area contributed by atoms with Gasteiger partial charge in [0.05, 0.1) is 4.90 Å². The summed E-state index contributed by atoms with van der Waals surface area (Å²) in [7, 11) is -2.10. The SMILES string of the molecule is CC(C(=O)NC1CCCC1)N(Cc1ccc(Br)cc1)C(=O)CCCN(C)S(=O)(=O)c1ccccc1. The summed E-state index contributed by atoms with van der Waals surface area (Å²) in [6, 6.07) is 15.5. The van der Waals surface area contributed by atoms with Gasteiger partial charge in [-0.3, -0.25) is 9.59 Å². The van der Waals surface area contributed by atoms with Crippen molar-refractivity contribution in [2.75, 3.05) is 13.6 Å². The highest BCUT2D eigenvalue weighted by Gasteiger charge is 2.28. The van der Waals surface area contributed by atoms with Gasteiger partial charge in [0.2, 0.25) is 21.8 Å². The number of nitrogens with zero attached hydrogens (tertiary/aromatic N) is 2. The molecule has 0 spiro atoms. The van der Waals surface area contributed by atoms with E-state index in [2.05, 4.69) is 21.2 Å². The average molecular weight is 565 g/mol. The van der Waals surface area contributed by atoms with E-state index in [1.165, 1.54) is 11.4 Å². The summed E-state index contributed by atoms with van der Waals surface area (Å²) < 4.78 is 27.7. The Morgan fingerprint density at radius 3 is 2.31 bits per heavy atom. The molecule has 1 unspecified atom stereocenters. The number of amides is 2. The summed E-state index contributed by atoms with van der Waals surface area (Å²) in [5.41, 5.74) is 0.922. The Morgan fingerprint density at radius 1 is 1.06 bits per heavy atom. The molecule has 0 radical (unpaired) electrons. The maximum atomic E-state index is 13.3. The second-order valence-electron chi connectivity index (χ2n) is 9.06. The van der Waals surface area contributed by atoms with Gasteiger partial charge in [-0.15, -0.1) is 0 Å². The maximum Gasteiger partial charge on any atom is 0.242 e. The minimum absolute atomic E-state index is 0.145. The topological polar surface area (TPSA) is 86.8 Å². The van der Waals surface area contributed by atoms with E-state index < -0.39 is 16.1 Å². The van der Waals surface area contributed by atoms with Crippen LogP contribution in [0.25, 0.3) is 0 Å². The monoisotopic (exact) mass is 563 g/mol. The van der Waals surface area contributed by atoms with E-state index in [1.807, 2.05) is 24.3 Å². The van der Waals surface area contributed by atoms with Crippen molar-refractivity contribution >= 4 is 37.8 Å². The standard InChI is InChI=1S/C26H34BrN3O4S/c1-20(26(32)28-23-9-6-7-10-23)30(19-21-14-16-22(27)17-15-21)25(31)13-8-18-29(2)35(33,34)24-11-4-3-5-12-24/h3-5,11-12,14-17,20,23H,6-10,13,18-19H2,1-2H3,(H,28,32). The lowest BCUT2D eigenvalue weighted by atomic mass is 10.1. The summed E-state index contributed by atoms with van der Waals surface area (Å²) in [6.07, 6.45) is 4.67. The van der Waals surface area contributed by atoms with Crippen LogP contribution in [0.3, 0.4) is 0 Å². The third kappa shape index (κ3) is 7.62. The van der Waals surface area contributed by atoms with Gasteiger partial charge >= 0.3 is 0 Å². The van der Waals surface area contributed by atoms with Crippen LogP contribution >= 0.6 is 15.9 Å². The smallest absolute Gasteiger partial charge is 0.242 e. The molecule has 1 atom stereocenters.